The number of hydrogen-bond acceptors (Lipinski definition) is 3. The molecule has 33 heavy (non-hydrogen) atoms. The summed E-state index contributed by atoms with van der Waals surface area (Å²) >= 11 is 0. The fourth-order valence-corrected chi connectivity index (χ4v) is 5.69. The Labute approximate surface area is 196 Å². The van der Waals surface area contributed by atoms with E-state index >= 15 is 0 Å². The van der Waals surface area contributed by atoms with Crippen LogP contribution in [0.15, 0.2) is 24.3 Å². The van der Waals surface area contributed by atoms with Crippen LogP contribution in [0.5, 0.6) is 0 Å². The maximum absolute atomic E-state index is 13.4. The second kappa shape index (κ2) is 8.64. The van der Waals surface area contributed by atoms with Crippen LogP contribution < -0.4 is 4.90 Å². The third-order valence-electron chi connectivity index (χ3n) is 7.74. The molecule has 3 heterocycles. The number of nitrogens with zero attached hydrogens (tertiary/aromatic N) is 3. The normalized spacial score (nSPS) is 19.4. The van der Waals surface area contributed by atoms with Crippen molar-refractivity contribution in [2.75, 3.05) is 25.0 Å². The van der Waals surface area contributed by atoms with Gasteiger partial charge in [-0.3, -0.25) is 14.8 Å². The number of carbonyl (C=O) groups excluding carboxylic acids is 1. The Hall–Kier alpha value is -2.60. The lowest BCUT2D eigenvalue weighted by Crippen LogP contribution is -2.49. The number of hydrogen-bond donors (Lipinski definition) is 2. The molecular formula is C27H37N5O. The van der Waals surface area contributed by atoms with E-state index in [1.165, 1.54) is 36.9 Å². The Morgan fingerprint density at radius 3 is 2.76 bits per heavy atom. The van der Waals surface area contributed by atoms with E-state index in [2.05, 4.69) is 65.1 Å². The summed E-state index contributed by atoms with van der Waals surface area (Å²) in [6, 6.07) is 8.41. The zero-order valence-electron chi connectivity index (χ0n) is 20.5. The van der Waals surface area contributed by atoms with Gasteiger partial charge in [0.25, 0.3) is 0 Å². The van der Waals surface area contributed by atoms with Crippen LogP contribution in [0.2, 0.25) is 0 Å². The first kappa shape index (κ1) is 22.2. The van der Waals surface area contributed by atoms with E-state index in [1.54, 1.807) is 0 Å². The van der Waals surface area contributed by atoms with Crippen LogP contribution in [0, 0.1) is 5.41 Å². The highest BCUT2D eigenvalue weighted by Crippen LogP contribution is 2.38. The summed E-state index contributed by atoms with van der Waals surface area (Å²) < 4.78 is 0. The molecule has 0 spiro atoms. The lowest BCUT2D eigenvalue weighted by Gasteiger charge is -2.35. The van der Waals surface area contributed by atoms with Gasteiger partial charge in [0.05, 0.1) is 11.7 Å². The van der Waals surface area contributed by atoms with Crippen molar-refractivity contribution in [3.63, 3.8) is 0 Å². The highest BCUT2D eigenvalue weighted by molar-refractivity contribution is 5.99. The number of piperidine rings is 1. The van der Waals surface area contributed by atoms with Gasteiger partial charge in [0, 0.05) is 34.9 Å². The maximum Gasteiger partial charge on any atom is 0.244 e. The quantitative estimate of drug-likeness (QED) is 0.558. The fourth-order valence-electron chi connectivity index (χ4n) is 5.69. The summed E-state index contributed by atoms with van der Waals surface area (Å²) in [7, 11) is 1.91. The molecule has 176 valence electrons. The van der Waals surface area contributed by atoms with Crippen molar-refractivity contribution in [1.29, 1.82) is 0 Å². The molecule has 0 saturated carbocycles. The monoisotopic (exact) mass is 447 g/mol. The highest BCUT2D eigenvalue weighted by Gasteiger charge is 2.30. The summed E-state index contributed by atoms with van der Waals surface area (Å²) in [5.41, 5.74) is 7.01. The minimum Gasteiger partial charge on any atom is -0.353 e. The number of benzene rings is 1. The highest BCUT2D eigenvalue weighted by atomic mass is 16.2. The van der Waals surface area contributed by atoms with E-state index in [0.717, 1.165) is 60.3 Å². The van der Waals surface area contributed by atoms with Crippen molar-refractivity contribution in [2.24, 2.45) is 5.41 Å². The first-order valence-electron chi connectivity index (χ1n) is 12.6. The van der Waals surface area contributed by atoms with Crippen molar-refractivity contribution in [2.45, 2.75) is 71.8 Å². The lowest BCUT2D eigenvalue weighted by molar-refractivity contribution is -0.124. The number of fused-ring (bicyclic) bond motifs is 2. The predicted molar refractivity (Wildman–Crippen MR) is 135 cm³/mol. The number of amides is 1. The third-order valence-corrected chi connectivity index (χ3v) is 7.74. The van der Waals surface area contributed by atoms with Gasteiger partial charge >= 0.3 is 0 Å². The zero-order valence-corrected chi connectivity index (χ0v) is 20.5. The molecule has 1 aliphatic heterocycles. The molecule has 5 rings (SSSR count). The summed E-state index contributed by atoms with van der Waals surface area (Å²) in [6.07, 6.45) is 7.79. The molecule has 0 radical (unpaired) electrons. The molecule has 1 atom stereocenters. The number of likely N-dealkylation sites (tertiary alicyclic amines) is 1. The average molecular weight is 448 g/mol. The van der Waals surface area contributed by atoms with E-state index in [-0.39, 0.29) is 11.9 Å². The molecule has 1 saturated heterocycles. The van der Waals surface area contributed by atoms with Crippen LogP contribution in [0.25, 0.3) is 22.3 Å². The fraction of sp³-hybridized carbons (Fsp3) is 0.556. The van der Waals surface area contributed by atoms with Crippen LogP contribution in [0.4, 0.5) is 5.69 Å². The van der Waals surface area contributed by atoms with Crippen molar-refractivity contribution in [3.8, 4) is 11.4 Å². The van der Waals surface area contributed by atoms with Gasteiger partial charge in [0.1, 0.15) is 5.69 Å². The van der Waals surface area contributed by atoms with Crippen LogP contribution >= 0.6 is 0 Å². The van der Waals surface area contributed by atoms with E-state index in [4.69, 9.17) is 0 Å². The smallest absolute Gasteiger partial charge is 0.244 e. The summed E-state index contributed by atoms with van der Waals surface area (Å²) in [6.45, 7) is 8.84. The number of nitrogens with one attached hydrogen (secondary N) is 2. The molecule has 2 aromatic heterocycles. The Morgan fingerprint density at radius 1 is 1.21 bits per heavy atom. The second-order valence-electron chi connectivity index (χ2n) is 10.7. The van der Waals surface area contributed by atoms with Crippen LogP contribution in [0.3, 0.4) is 0 Å². The molecule has 2 N–H and O–H groups in total. The maximum atomic E-state index is 13.4. The van der Waals surface area contributed by atoms with Crippen molar-refractivity contribution in [3.05, 3.63) is 35.5 Å². The number of aromatic nitrogens is 3. The van der Waals surface area contributed by atoms with Gasteiger partial charge in [-0.25, -0.2) is 0 Å². The molecule has 1 fully saturated rings. The van der Waals surface area contributed by atoms with Gasteiger partial charge in [-0.15, -0.1) is 0 Å². The molecule has 1 aliphatic carbocycles. The molecule has 6 heteroatoms. The van der Waals surface area contributed by atoms with E-state index in [0.29, 0.717) is 5.41 Å². The number of likely N-dealkylation sites (N-methyl/N-ethyl adjacent to an activating group) is 1. The minimum atomic E-state index is -0.0370. The summed E-state index contributed by atoms with van der Waals surface area (Å²) in [4.78, 5) is 21.2. The van der Waals surface area contributed by atoms with Crippen LogP contribution in [0.1, 0.15) is 64.1 Å². The van der Waals surface area contributed by atoms with Crippen molar-refractivity contribution >= 4 is 22.5 Å². The third kappa shape index (κ3) is 4.21. The van der Waals surface area contributed by atoms with Crippen LogP contribution in [-0.4, -0.2) is 52.2 Å². The van der Waals surface area contributed by atoms with Crippen LogP contribution in [-0.2, 0) is 17.6 Å². The zero-order chi connectivity index (χ0) is 23.2. The van der Waals surface area contributed by atoms with Crippen molar-refractivity contribution < 1.29 is 4.79 Å². The topological polar surface area (TPSA) is 68.0 Å². The van der Waals surface area contributed by atoms with Crippen molar-refractivity contribution in [1.82, 2.24) is 20.1 Å². The van der Waals surface area contributed by atoms with E-state index in [1.807, 2.05) is 11.9 Å². The van der Waals surface area contributed by atoms with Gasteiger partial charge < -0.3 is 9.88 Å². The Bertz CT molecular complexity index is 1150. The second-order valence-corrected chi connectivity index (χ2v) is 10.7. The van der Waals surface area contributed by atoms with Gasteiger partial charge in [-0.05, 0) is 75.2 Å². The molecule has 1 aromatic carbocycles. The molecule has 6 nitrogen and oxygen atoms in total. The molecule has 0 bridgehead atoms. The number of carbonyl (C=O) groups is 1. The summed E-state index contributed by atoms with van der Waals surface area (Å²) in [5, 5.41) is 9.11. The Kier molecular flexibility index (Phi) is 5.81. The molecule has 3 aromatic rings. The predicted octanol–water partition coefficient (Wildman–Crippen LogP) is 5.30. The number of rotatable bonds is 5. The minimum absolute atomic E-state index is 0.0370. The molecule has 0 unspecified atom stereocenters. The lowest BCUT2D eigenvalue weighted by atomic mass is 9.76. The molecule has 2 aliphatic rings. The van der Waals surface area contributed by atoms with Gasteiger partial charge in [-0.1, -0.05) is 33.3 Å². The van der Waals surface area contributed by atoms with Gasteiger partial charge in [0.15, 0.2) is 0 Å². The molecular weight excluding hydrogens is 410 g/mol. The van der Waals surface area contributed by atoms with Gasteiger partial charge in [0.2, 0.25) is 5.91 Å². The van der Waals surface area contributed by atoms with Gasteiger partial charge in [-0.2, -0.15) is 5.10 Å². The number of H-pyrrole nitrogens is 2. The largest absolute Gasteiger partial charge is 0.353 e. The first-order valence-corrected chi connectivity index (χ1v) is 12.6. The Balaban J connectivity index is 1.40. The SMILES string of the molecule is CC[C@H](C(=O)N(C)c1ccc2cc(-c3n[nH]c4c3CCC(C)(C)C4)[nH]c2c1)N1CCCCC1. The molecule has 1 amide bonds. The standard InChI is InChI=1S/C27H37N5O/c1-5-24(32-13-7-6-8-14-32)26(33)31(4)19-10-9-18-15-22(28-21(18)16-19)25-20-11-12-27(2,3)17-23(20)29-30-25/h9-10,15-16,24,28H,5-8,11-14,17H2,1-4H3,(H,29,30)/t24-/m1/s1. The number of anilines is 1. The Morgan fingerprint density at radius 2 is 2.00 bits per heavy atom. The number of aromatic amines is 2. The van der Waals surface area contributed by atoms with E-state index in [9.17, 15) is 4.79 Å². The first-order chi connectivity index (χ1) is 15.9. The summed E-state index contributed by atoms with van der Waals surface area (Å²) in [5.74, 6) is 0.189. The van der Waals surface area contributed by atoms with E-state index < -0.39 is 0 Å². The average Bonchev–Trinajstić information content (AvgIpc) is 3.41.